The number of benzene rings is 1. The largest absolute Gasteiger partial charge is 0.372 e. The molecule has 1 aromatic rings. The second-order valence-electron chi connectivity index (χ2n) is 4.82. The van der Waals surface area contributed by atoms with Gasteiger partial charge in [-0.3, -0.25) is 0 Å². The summed E-state index contributed by atoms with van der Waals surface area (Å²) in [6.07, 6.45) is 6.55. The van der Waals surface area contributed by atoms with Gasteiger partial charge in [-0.05, 0) is 31.2 Å². The lowest BCUT2D eigenvalue weighted by molar-refractivity contribution is 0.142. The highest BCUT2D eigenvalue weighted by Crippen LogP contribution is 2.09. The standard InChI is InChI=1S/C17H24O/c1-4-15(2)9-8-10-16(3)13-18-14-17-11-6-5-7-12-17/h4-7,10-12,15H,1,8-9,13-14H2,2-3H3/b16-10+. The van der Waals surface area contributed by atoms with E-state index < -0.39 is 0 Å². The van der Waals surface area contributed by atoms with Crippen LogP contribution in [-0.4, -0.2) is 6.61 Å². The van der Waals surface area contributed by atoms with Crippen LogP contribution >= 0.6 is 0 Å². The predicted molar refractivity (Wildman–Crippen MR) is 78.5 cm³/mol. The normalized spacial score (nSPS) is 13.3. The Morgan fingerprint density at radius 1 is 1.33 bits per heavy atom. The Morgan fingerprint density at radius 2 is 2.06 bits per heavy atom. The molecular weight excluding hydrogens is 220 g/mol. The van der Waals surface area contributed by atoms with E-state index in [4.69, 9.17) is 4.74 Å². The molecule has 1 rings (SSSR count). The van der Waals surface area contributed by atoms with Gasteiger partial charge in [0.2, 0.25) is 0 Å². The summed E-state index contributed by atoms with van der Waals surface area (Å²) in [6, 6.07) is 10.3. The number of ether oxygens (including phenoxy) is 1. The van der Waals surface area contributed by atoms with Crippen molar-refractivity contribution in [2.45, 2.75) is 33.3 Å². The SMILES string of the molecule is C=CC(C)CC/C=C(\C)COCc1ccccc1. The van der Waals surface area contributed by atoms with Gasteiger partial charge >= 0.3 is 0 Å². The molecule has 0 heterocycles. The fourth-order valence-corrected chi connectivity index (χ4v) is 1.67. The van der Waals surface area contributed by atoms with Crippen LogP contribution in [0.25, 0.3) is 0 Å². The molecule has 0 fully saturated rings. The Hall–Kier alpha value is -1.34. The van der Waals surface area contributed by atoms with Crippen molar-refractivity contribution in [3.8, 4) is 0 Å². The smallest absolute Gasteiger partial charge is 0.0721 e. The van der Waals surface area contributed by atoms with Gasteiger partial charge in [0.05, 0.1) is 13.2 Å². The molecule has 0 aliphatic heterocycles. The minimum atomic E-state index is 0.597. The van der Waals surface area contributed by atoms with Gasteiger partial charge in [0, 0.05) is 0 Å². The molecule has 0 N–H and O–H groups in total. The molecule has 0 amide bonds. The van der Waals surface area contributed by atoms with Gasteiger partial charge in [-0.15, -0.1) is 6.58 Å². The second kappa shape index (κ2) is 8.71. The lowest BCUT2D eigenvalue weighted by atomic mass is 10.1. The third kappa shape index (κ3) is 6.41. The van der Waals surface area contributed by atoms with Gasteiger partial charge in [0.1, 0.15) is 0 Å². The quantitative estimate of drug-likeness (QED) is 0.599. The van der Waals surface area contributed by atoms with Gasteiger partial charge in [-0.2, -0.15) is 0 Å². The molecule has 1 aromatic carbocycles. The molecule has 18 heavy (non-hydrogen) atoms. The Morgan fingerprint density at radius 3 is 2.72 bits per heavy atom. The number of hydrogen-bond donors (Lipinski definition) is 0. The van der Waals surface area contributed by atoms with Crippen LogP contribution in [0.15, 0.2) is 54.6 Å². The van der Waals surface area contributed by atoms with Gasteiger partial charge in [-0.1, -0.05) is 55.0 Å². The van der Waals surface area contributed by atoms with Crippen LogP contribution in [0.5, 0.6) is 0 Å². The minimum absolute atomic E-state index is 0.597. The second-order valence-corrected chi connectivity index (χ2v) is 4.82. The minimum Gasteiger partial charge on any atom is -0.372 e. The monoisotopic (exact) mass is 244 g/mol. The molecule has 0 aliphatic rings. The van der Waals surface area contributed by atoms with Crippen LogP contribution in [0.1, 0.15) is 32.3 Å². The molecule has 1 heteroatoms. The molecule has 1 nitrogen and oxygen atoms in total. The van der Waals surface area contributed by atoms with Crippen LogP contribution in [-0.2, 0) is 11.3 Å². The number of allylic oxidation sites excluding steroid dienone is 2. The molecule has 98 valence electrons. The van der Waals surface area contributed by atoms with Crippen molar-refractivity contribution in [1.82, 2.24) is 0 Å². The van der Waals surface area contributed by atoms with Crippen molar-refractivity contribution in [3.05, 3.63) is 60.2 Å². The fraction of sp³-hybridized carbons (Fsp3) is 0.412. The lowest BCUT2D eigenvalue weighted by Crippen LogP contribution is -1.97. The summed E-state index contributed by atoms with van der Waals surface area (Å²) in [5.41, 5.74) is 2.53. The van der Waals surface area contributed by atoms with E-state index in [-0.39, 0.29) is 0 Å². The maximum absolute atomic E-state index is 5.68. The Bertz CT molecular complexity index is 364. The van der Waals surface area contributed by atoms with Gasteiger partial charge < -0.3 is 4.74 Å². The summed E-state index contributed by atoms with van der Waals surface area (Å²) in [7, 11) is 0. The summed E-state index contributed by atoms with van der Waals surface area (Å²) >= 11 is 0. The molecule has 1 atom stereocenters. The first-order valence-corrected chi connectivity index (χ1v) is 6.62. The molecular formula is C17H24O. The van der Waals surface area contributed by atoms with Crippen molar-refractivity contribution in [3.63, 3.8) is 0 Å². The van der Waals surface area contributed by atoms with E-state index in [9.17, 15) is 0 Å². The van der Waals surface area contributed by atoms with Crippen LogP contribution < -0.4 is 0 Å². The highest BCUT2D eigenvalue weighted by Gasteiger charge is 1.96. The third-order valence-electron chi connectivity index (χ3n) is 2.96. The predicted octanol–water partition coefficient (Wildman–Crippen LogP) is 4.75. The van der Waals surface area contributed by atoms with Crippen molar-refractivity contribution in [1.29, 1.82) is 0 Å². The van der Waals surface area contributed by atoms with Crippen molar-refractivity contribution in [2.24, 2.45) is 5.92 Å². The molecule has 0 aliphatic carbocycles. The average molecular weight is 244 g/mol. The third-order valence-corrected chi connectivity index (χ3v) is 2.96. The highest BCUT2D eigenvalue weighted by molar-refractivity contribution is 5.13. The zero-order valence-electron chi connectivity index (χ0n) is 11.6. The van der Waals surface area contributed by atoms with E-state index in [1.807, 2.05) is 24.3 Å². The maximum atomic E-state index is 5.68. The van der Waals surface area contributed by atoms with Crippen LogP contribution in [0.3, 0.4) is 0 Å². The molecule has 0 saturated carbocycles. The first kappa shape index (κ1) is 14.7. The van der Waals surface area contributed by atoms with E-state index in [0.29, 0.717) is 12.5 Å². The fourth-order valence-electron chi connectivity index (χ4n) is 1.67. The first-order valence-electron chi connectivity index (χ1n) is 6.62. The zero-order chi connectivity index (χ0) is 13.2. The maximum Gasteiger partial charge on any atom is 0.0721 e. The first-order chi connectivity index (χ1) is 8.72. The van der Waals surface area contributed by atoms with Crippen LogP contribution in [0, 0.1) is 5.92 Å². The number of rotatable bonds is 8. The van der Waals surface area contributed by atoms with Gasteiger partial charge in [0.25, 0.3) is 0 Å². The van der Waals surface area contributed by atoms with E-state index in [0.717, 1.165) is 13.0 Å². The zero-order valence-corrected chi connectivity index (χ0v) is 11.6. The van der Waals surface area contributed by atoms with Crippen molar-refractivity contribution < 1.29 is 4.74 Å². The van der Waals surface area contributed by atoms with E-state index in [1.165, 1.54) is 17.6 Å². The highest BCUT2D eigenvalue weighted by atomic mass is 16.5. The molecule has 0 bridgehead atoms. The Labute approximate surface area is 111 Å². The Balaban J connectivity index is 2.18. The lowest BCUT2D eigenvalue weighted by Gasteiger charge is -2.06. The summed E-state index contributed by atoms with van der Waals surface area (Å²) in [5, 5.41) is 0. The molecule has 1 unspecified atom stereocenters. The van der Waals surface area contributed by atoms with Crippen LogP contribution in [0.2, 0.25) is 0 Å². The molecule has 0 radical (unpaired) electrons. The van der Waals surface area contributed by atoms with E-state index in [1.54, 1.807) is 0 Å². The van der Waals surface area contributed by atoms with Crippen molar-refractivity contribution in [2.75, 3.05) is 6.61 Å². The van der Waals surface area contributed by atoms with E-state index >= 15 is 0 Å². The van der Waals surface area contributed by atoms with E-state index in [2.05, 4.69) is 38.6 Å². The van der Waals surface area contributed by atoms with Crippen LogP contribution in [0.4, 0.5) is 0 Å². The molecule has 0 aromatic heterocycles. The van der Waals surface area contributed by atoms with Gasteiger partial charge in [0.15, 0.2) is 0 Å². The Kier molecular flexibility index (Phi) is 7.12. The van der Waals surface area contributed by atoms with Crippen molar-refractivity contribution >= 4 is 0 Å². The topological polar surface area (TPSA) is 9.23 Å². The summed E-state index contributed by atoms with van der Waals surface area (Å²) < 4.78 is 5.68. The molecule has 0 spiro atoms. The summed E-state index contributed by atoms with van der Waals surface area (Å²) in [5.74, 6) is 0.597. The summed E-state index contributed by atoms with van der Waals surface area (Å²) in [4.78, 5) is 0. The average Bonchev–Trinajstić information content (AvgIpc) is 2.39. The summed E-state index contributed by atoms with van der Waals surface area (Å²) in [6.45, 7) is 9.53. The molecule has 0 saturated heterocycles. The van der Waals surface area contributed by atoms with Gasteiger partial charge in [-0.25, -0.2) is 0 Å². The number of hydrogen-bond acceptors (Lipinski definition) is 1.